The number of pyridine rings is 2. The molecule has 6 aromatic rings. The van der Waals surface area contributed by atoms with Gasteiger partial charge < -0.3 is 95.5 Å². The molecule has 0 radical (unpaired) electrons. The minimum atomic E-state index is -3.73. The Morgan fingerprint density at radius 2 is 0.917 bits per heavy atom. The van der Waals surface area contributed by atoms with Crippen molar-refractivity contribution in [3.8, 4) is 45.5 Å². The zero-order chi connectivity index (χ0) is 78.8. The Kier molecular flexibility index (Phi) is 28.8. The third-order valence-electron chi connectivity index (χ3n) is 18.0. The third kappa shape index (κ3) is 21.9. The van der Waals surface area contributed by atoms with E-state index in [1.54, 1.807) is 110 Å². The van der Waals surface area contributed by atoms with Gasteiger partial charge in [-0.3, -0.25) is 23.5 Å². The Balaban J connectivity index is 0.000000263. The van der Waals surface area contributed by atoms with E-state index in [1.165, 1.54) is 9.80 Å². The number of ether oxygens (including phenoxy) is 6. The van der Waals surface area contributed by atoms with Gasteiger partial charge in [-0.2, -0.15) is 0 Å². The van der Waals surface area contributed by atoms with E-state index in [9.17, 15) is 43.0 Å². The molecule has 4 aromatic carbocycles. The van der Waals surface area contributed by atoms with Crippen molar-refractivity contribution < 1.29 is 102 Å². The lowest BCUT2D eigenvalue weighted by Gasteiger charge is -2.36. The number of carbonyl (C=O) groups excluding carboxylic acids is 5. The van der Waals surface area contributed by atoms with E-state index in [-0.39, 0.29) is 51.6 Å². The maximum absolute atomic E-state index is 14.6. The van der Waals surface area contributed by atoms with Crippen molar-refractivity contribution in [2.24, 2.45) is 16.6 Å². The highest BCUT2D eigenvalue weighted by Gasteiger charge is 2.63. The summed E-state index contributed by atoms with van der Waals surface area (Å²) < 4.78 is 82.3. The third-order valence-corrected chi connectivity index (χ3v) is 23.6. The second kappa shape index (κ2) is 35.7. The fourth-order valence-electron chi connectivity index (χ4n) is 12.4. The van der Waals surface area contributed by atoms with Gasteiger partial charge in [0.05, 0.1) is 76.2 Å². The Bertz CT molecular complexity index is 4220. The summed E-state index contributed by atoms with van der Waals surface area (Å²) in [5, 5.41) is 18.0. The van der Waals surface area contributed by atoms with Gasteiger partial charge in [0, 0.05) is 59.0 Å². The Morgan fingerprint density at radius 1 is 0.546 bits per heavy atom. The number of fused-ring (bicyclic) bond motifs is 2. The zero-order valence-electron chi connectivity index (χ0n) is 65.3. The van der Waals surface area contributed by atoms with Crippen molar-refractivity contribution in [3.05, 3.63) is 109 Å². The van der Waals surface area contributed by atoms with Crippen LogP contribution in [0.15, 0.2) is 109 Å². The molecule has 27 nitrogen and oxygen atoms in total. The first-order chi connectivity index (χ1) is 50.2. The standard InChI is InChI=1S/C39H53N4O9P.C32H39N3O7.C7H16NO3P.ClH/c1-10-49-53(47,50-11-2)39(19-20-39)42-34(44)31-22-27(24-43(31)35(45)33(37(3,4)5)41-36(46)52-38(6,7)8)51-32-23-29(25-15-13-12-14-16-25)40-30-21-26(48-9)17-18-28(30)32;1-31(2,3)27(34-30(39)42-32(4,5)6)28(36)35-18-21(16-25(35)29(37)38)41-26-17-23(19-11-9-8-10-12-19)33-24-15-20(40-7)13-14-22(24)26;1-3-10-12(9,11-4-2)7(8)5-6-7;/h12-18,21,23,27,31,33H,10-11,19-20,22,24H2,1-9H3,(H,41,46)(H,42,44);8-15,17,21,25,27H,16,18H2,1-7H3,(H,34,39)(H,37,38);3-6,8H2,1-2H3;1H/p-1/t27-,31+,33-;21-,25+,27-;;/m11../s1. The number of benzene rings is 4. The van der Waals surface area contributed by atoms with Crippen LogP contribution in [0.2, 0.25) is 0 Å². The van der Waals surface area contributed by atoms with E-state index < -0.39 is 120 Å². The van der Waals surface area contributed by atoms with E-state index in [4.69, 9.17) is 62.2 Å². The van der Waals surface area contributed by atoms with Crippen molar-refractivity contribution in [2.75, 3.05) is 53.7 Å². The molecule has 6 N–H and O–H groups in total. The summed E-state index contributed by atoms with van der Waals surface area (Å²) in [7, 11) is -3.57. The molecule has 0 bridgehead atoms. The molecule has 30 heteroatoms. The molecule has 5 amide bonds. The fourth-order valence-corrected chi connectivity index (χ4v) is 16.5. The van der Waals surface area contributed by atoms with Crippen LogP contribution in [0.5, 0.6) is 23.0 Å². The summed E-state index contributed by atoms with van der Waals surface area (Å²) >= 11 is 0. The van der Waals surface area contributed by atoms with Gasteiger partial charge in [-0.25, -0.2) is 24.4 Å². The summed E-state index contributed by atoms with van der Waals surface area (Å²) in [5.74, 6) is -0.344. The maximum Gasteiger partial charge on any atom is 0.408 e. The number of carboxylic acids is 1. The van der Waals surface area contributed by atoms with E-state index in [1.807, 2.05) is 124 Å². The summed E-state index contributed by atoms with van der Waals surface area (Å²) in [4.78, 5) is 93.2. The number of aromatic nitrogens is 2. The maximum atomic E-state index is 14.6. The Morgan fingerprint density at radius 3 is 1.25 bits per heavy atom. The number of carbonyl (C=O) groups is 6. The predicted octanol–water partition coefficient (Wildman–Crippen LogP) is 11.1. The van der Waals surface area contributed by atoms with Crippen LogP contribution >= 0.6 is 15.2 Å². The summed E-state index contributed by atoms with van der Waals surface area (Å²) in [6.45, 7) is 29.4. The molecule has 4 aliphatic rings. The van der Waals surface area contributed by atoms with Gasteiger partial charge in [0.15, 0.2) is 0 Å². The Labute approximate surface area is 639 Å². The number of hydrogen-bond acceptors (Lipinski definition) is 21. The van der Waals surface area contributed by atoms with E-state index in [2.05, 4.69) is 16.0 Å². The lowest BCUT2D eigenvalue weighted by molar-refractivity contribution is -0.150. The van der Waals surface area contributed by atoms with Gasteiger partial charge in [-0.1, -0.05) is 102 Å². The number of likely N-dealkylation sites (tertiary alicyclic amines) is 2. The molecule has 592 valence electrons. The normalized spacial score (nSPS) is 18.6. The predicted molar refractivity (Wildman–Crippen MR) is 407 cm³/mol. The number of rotatable bonds is 25. The van der Waals surface area contributed by atoms with Crippen LogP contribution < -0.4 is 53.0 Å². The van der Waals surface area contributed by atoms with Crippen LogP contribution in [-0.2, 0) is 55.9 Å². The average molecular weight is 1560 g/mol. The van der Waals surface area contributed by atoms with Crippen molar-refractivity contribution in [3.63, 3.8) is 0 Å². The number of aliphatic carboxylic acids is 1. The van der Waals surface area contributed by atoms with E-state index >= 15 is 0 Å². The van der Waals surface area contributed by atoms with Crippen LogP contribution in [0, 0.1) is 10.8 Å². The number of nitrogens with zero attached hydrogens (tertiary/aromatic N) is 4. The number of hydrogen-bond donors (Lipinski definition) is 5. The van der Waals surface area contributed by atoms with Crippen LogP contribution in [0.3, 0.4) is 0 Å². The largest absolute Gasteiger partial charge is 1.00 e. The number of methoxy groups -OCH3 is 2. The van der Waals surface area contributed by atoms with Crippen molar-refractivity contribution in [1.29, 1.82) is 0 Å². The Hall–Kier alpha value is -8.13. The number of nitrogens with two attached hydrogens (primary N) is 1. The smallest absolute Gasteiger partial charge is 0.408 e. The highest BCUT2D eigenvalue weighted by Crippen LogP contribution is 2.70. The SMILES string of the molecule is CCOP(=O)(OCC)C1(N)CC1.CCOP(=O)(OCC)C1(NC(=O)[C@@H]2C[C@@H](Oc3cc(-c4ccccc4)nc4cc(OC)ccc34)CN2C(=O)[C@@H](NC(=O)OC(C)(C)C)C(C)(C)C)CC1.COc1ccc2c(O[C@@H]3C[C@@H](C(=O)O)N(C(=O)[C@@H](NC(=O)OC(C)(C)C)C(C)(C)C)C3)cc(-c3ccccc3)nc2c1.[Cl-]. The number of carboxylic acid groups (broad SMARTS) is 1. The molecule has 6 atom stereocenters. The van der Waals surface area contributed by atoms with E-state index in [0.29, 0.717) is 71.5 Å². The lowest BCUT2D eigenvalue weighted by atomic mass is 9.85. The summed E-state index contributed by atoms with van der Waals surface area (Å²) in [6, 6.07) is 29.7. The van der Waals surface area contributed by atoms with Crippen molar-refractivity contribution in [1.82, 2.24) is 35.7 Å². The second-order valence-electron chi connectivity index (χ2n) is 31.0. The molecule has 0 unspecified atom stereocenters. The number of alkyl carbamates (subject to hydrolysis) is 2. The molecular formula is C78H108ClN8O19P2-. The second-order valence-corrected chi connectivity index (χ2v) is 35.8. The highest BCUT2D eigenvalue weighted by atomic mass is 35.5. The molecule has 2 aromatic heterocycles. The minimum Gasteiger partial charge on any atom is -1.00 e. The fraction of sp³-hybridized carbons (Fsp3) is 0.538. The molecule has 2 aliphatic carbocycles. The van der Waals surface area contributed by atoms with Gasteiger partial charge >= 0.3 is 33.3 Å². The average Bonchev–Trinajstić information content (AvgIpc) is 1.58. The number of nitrogens with one attached hydrogen (secondary N) is 3. The molecule has 4 fully saturated rings. The molecule has 2 aliphatic heterocycles. The van der Waals surface area contributed by atoms with Crippen molar-refractivity contribution >= 4 is 72.9 Å². The van der Waals surface area contributed by atoms with E-state index in [0.717, 1.165) is 34.7 Å². The number of amides is 5. The minimum absolute atomic E-state index is 0. The highest BCUT2D eigenvalue weighted by molar-refractivity contribution is 7.56. The number of halogens is 1. The first-order valence-electron chi connectivity index (χ1n) is 36.3. The molecule has 4 heterocycles. The van der Waals surface area contributed by atoms with Gasteiger partial charge in [0.1, 0.15) is 81.1 Å². The van der Waals surface area contributed by atoms with Gasteiger partial charge in [-0.05, 0) is 130 Å². The van der Waals surface area contributed by atoms with Gasteiger partial charge in [-0.15, -0.1) is 0 Å². The summed E-state index contributed by atoms with van der Waals surface area (Å²) in [6.07, 6.45) is -0.293. The molecule has 2 saturated carbocycles. The zero-order valence-corrected chi connectivity index (χ0v) is 67.8. The summed E-state index contributed by atoms with van der Waals surface area (Å²) in [5.41, 5.74) is 7.16. The first kappa shape index (κ1) is 87.1. The molecule has 108 heavy (non-hydrogen) atoms. The van der Waals surface area contributed by atoms with Gasteiger partial charge in [0.25, 0.3) is 0 Å². The molecular weight excluding hydrogens is 1450 g/mol. The molecule has 10 rings (SSSR count). The van der Waals surface area contributed by atoms with Crippen LogP contribution in [0.1, 0.15) is 149 Å². The molecule has 2 saturated heterocycles. The quantitative estimate of drug-likeness (QED) is 0.0332. The van der Waals surface area contributed by atoms with Crippen LogP contribution in [-0.4, -0.2) is 173 Å². The van der Waals surface area contributed by atoms with Crippen LogP contribution in [0.25, 0.3) is 44.3 Å². The topological polar surface area (TPSA) is 343 Å². The monoisotopic (exact) mass is 1560 g/mol. The van der Waals surface area contributed by atoms with Crippen LogP contribution in [0.4, 0.5) is 9.59 Å². The molecule has 0 spiro atoms. The first-order valence-corrected chi connectivity index (χ1v) is 39.4. The van der Waals surface area contributed by atoms with Gasteiger partial charge in [0.2, 0.25) is 17.7 Å². The van der Waals surface area contributed by atoms with Crippen molar-refractivity contribution in [2.45, 2.75) is 207 Å². The lowest BCUT2D eigenvalue weighted by Crippen LogP contribution is -3.00.